The molecule has 0 amide bonds. The van der Waals surface area contributed by atoms with Crippen LogP contribution in [0.4, 0.5) is 0 Å². The predicted molar refractivity (Wildman–Crippen MR) is 169 cm³/mol. The molecule has 43 heavy (non-hydrogen) atoms. The molecule has 0 saturated heterocycles. The first-order chi connectivity index (χ1) is 21.1. The second-order valence-corrected chi connectivity index (χ2v) is 11.6. The summed E-state index contributed by atoms with van der Waals surface area (Å²) in [4.78, 5) is 22.3. The average Bonchev–Trinajstić information content (AvgIpc) is 3.66. The van der Waals surface area contributed by atoms with E-state index in [0.717, 1.165) is 57.4 Å². The highest BCUT2D eigenvalue weighted by molar-refractivity contribution is 5.80. The predicted octanol–water partition coefficient (Wildman–Crippen LogP) is 8.07. The summed E-state index contributed by atoms with van der Waals surface area (Å²) in [5.41, 5.74) is 6.25. The summed E-state index contributed by atoms with van der Waals surface area (Å²) >= 11 is 0. The maximum atomic E-state index is 12.5. The van der Waals surface area contributed by atoms with Crippen LogP contribution in [0.15, 0.2) is 109 Å². The summed E-state index contributed by atoms with van der Waals surface area (Å²) in [5, 5.41) is 11.4. The molecule has 0 spiro atoms. The van der Waals surface area contributed by atoms with Gasteiger partial charge in [0.05, 0.1) is 27.7 Å². The molecule has 214 valence electrons. The van der Waals surface area contributed by atoms with E-state index in [1.165, 1.54) is 5.56 Å². The second-order valence-electron chi connectivity index (χ2n) is 11.6. The van der Waals surface area contributed by atoms with Crippen molar-refractivity contribution in [3.63, 3.8) is 0 Å². The van der Waals surface area contributed by atoms with E-state index < -0.39 is 11.4 Å². The molecule has 0 unspecified atom stereocenters. The number of carboxylic acid groups (broad SMARTS) is 1. The van der Waals surface area contributed by atoms with Crippen LogP contribution in [0.25, 0.3) is 33.1 Å². The maximum absolute atomic E-state index is 12.5. The van der Waals surface area contributed by atoms with Gasteiger partial charge in [-0.3, -0.25) is 4.79 Å². The second kappa shape index (κ2) is 11.4. The number of nitrogens with zero attached hydrogens (tertiary/aromatic N) is 3. The molecule has 6 nitrogen and oxygen atoms in total. The van der Waals surface area contributed by atoms with Crippen LogP contribution in [0.2, 0.25) is 0 Å². The summed E-state index contributed by atoms with van der Waals surface area (Å²) in [7, 11) is 0. The van der Waals surface area contributed by atoms with Gasteiger partial charge in [-0.25, -0.2) is 9.97 Å². The van der Waals surface area contributed by atoms with E-state index in [1.807, 2.05) is 66.7 Å². The largest absolute Gasteiger partial charge is 0.487 e. The van der Waals surface area contributed by atoms with E-state index in [4.69, 9.17) is 14.7 Å². The lowest BCUT2D eigenvalue weighted by Crippen LogP contribution is -2.31. The number of hydrogen-bond acceptors (Lipinski definition) is 4. The maximum Gasteiger partial charge on any atom is 0.310 e. The molecule has 1 N–H and O–H groups in total. The monoisotopic (exact) mass is 567 g/mol. The third-order valence-corrected chi connectivity index (χ3v) is 8.73. The minimum absolute atomic E-state index is 0.346. The van der Waals surface area contributed by atoms with Crippen LogP contribution in [-0.2, 0) is 24.4 Å². The fourth-order valence-electron chi connectivity index (χ4n) is 6.39. The molecular weight excluding hydrogens is 534 g/mol. The number of para-hydroxylation sites is 1. The molecule has 6 aromatic rings. The minimum Gasteiger partial charge on any atom is -0.487 e. The van der Waals surface area contributed by atoms with Crippen molar-refractivity contribution < 1.29 is 14.6 Å². The zero-order chi connectivity index (χ0) is 29.2. The minimum atomic E-state index is -0.772. The normalized spacial score (nSPS) is 14.3. The van der Waals surface area contributed by atoms with Crippen molar-refractivity contribution in [2.75, 3.05) is 0 Å². The van der Waals surface area contributed by atoms with E-state index in [-0.39, 0.29) is 0 Å². The average molecular weight is 568 g/mol. The first-order valence-electron chi connectivity index (χ1n) is 14.9. The van der Waals surface area contributed by atoms with Gasteiger partial charge in [-0.05, 0) is 59.9 Å². The zero-order valence-corrected chi connectivity index (χ0v) is 23.9. The molecule has 0 aliphatic heterocycles. The van der Waals surface area contributed by atoms with Gasteiger partial charge in [0, 0.05) is 24.4 Å². The Hall–Kier alpha value is -4.97. The number of imidazole rings is 1. The van der Waals surface area contributed by atoms with Crippen molar-refractivity contribution in [1.29, 1.82) is 0 Å². The molecule has 0 atom stereocenters. The Morgan fingerprint density at radius 3 is 2.42 bits per heavy atom. The Bertz CT molecular complexity index is 1920. The standard InChI is InChI=1S/C37H33N3O3/c41-36(42)37(19-6-7-20-37)23-35-39-33-22-31(43-25-30-16-15-28-12-4-5-14-32(28)38-30)17-18-34(33)40(35)24-26-9-8-13-29(21-26)27-10-2-1-3-11-27/h1-5,8-18,21-22H,6-7,19-20,23-25H2,(H,41,42). The van der Waals surface area contributed by atoms with E-state index in [2.05, 4.69) is 47.0 Å². The first-order valence-corrected chi connectivity index (χ1v) is 14.9. The molecular formula is C37H33N3O3. The highest BCUT2D eigenvalue weighted by atomic mass is 16.5. The summed E-state index contributed by atoms with van der Waals surface area (Å²) in [6.07, 6.45) is 3.65. The molecule has 1 saturated carbocycles. The first kappa shape index (κ1) is 26.9. The Morgan fingerprint density at radius 2 is 1.58 bits per heavy atom. The molecule has 0 bridgehead atoms. The van der Waals surface area contributed by atoms with Gasteiger partial charge < -0.3 is 14.4 Å². The van der Waals surface area contributed by atoms with Gasteiger partial charge in [-0.15, -0.1) is 0 Å². The SMILES string of the molecule is O=C(O)C1(Cc2nc3cc(OCc4ccc5ccccc5n4)ccc3n2Cc2cccc(-c3ccccc3)c2)CCCC1. The van der Waals surface area contributed by atoms with Gasteiger partial charge in [0.2, 0.25) is 0 Å². The van der Waals surface area contributed by atoms with Crippen molar-refractivity contribution in [3.05, 3.63) is 126 Å². The van der Waals surface area contributed by atoms with Crippen molar-refractivity contribution in [2.24, 2.45) is 5.41 Å². The van der Waals surface area contributed by atoms with Gasteiger partial charge >= 0.3 is 5.97 Å². The van der Waals surface area contributed by atoms with Crippen LogP contribution >= 0.6 is 0 Å². The Balaban J connectivity index is 1.21. The number of rotatable bonds is 9. The van der Waals surface area contributed by atoms with Crippen LogP contribution in [0.1, 0.15) is 42.8 Å². The number of carboxylic acids is 1. The summed E-state index contributed by atoms with van der Waals surface area (Å²) in [6.45, 7) is 0.946. The van der Waals surface area contributed by atoms with E-state index >= 15 is 0 Å². The Labute approximate surface area is 250 Å². The molecule has 1 fully saturated rings. The lowest BCUT2D eigenvalue weighted by Gasteiger charge is -2.24. The lowest BCUT2D eigenvalue weighted by atomic mass is 9.82. The molecule has 2 aromatic heterocycles. The van der Waals surface area contributed by atoms with Crippen LogP contribution in [0, 0.1) is 5.41 Å². The summed E-state index contributed by atoms with van der Waals surface area (Å²) in [5.74, 6) is 0.790. The smallest absolute Gasteiger partial charge is 0.310 e. The topological polar surface area (TPSA) is 77.2 Å². The molecule has 0 radical (unpaired) electrons. The molecule has 1 aliphatic rings. The lowest BCUT2D eigenvalue weighted by molar-refractivity contribution is -0.148. The number of pyridine rings is 1. The molecule has 1 aliphatic carbocycles. The van der Waals surface area contributed by atoms with Gasteiger partial charge in [0.1, 0.15) is 18.2 Å². The third-order valence-electron chi connectivity index (χ3n) is 8.73. The van der Waals surface area contributed by atoms with E-state index in [1.54, 1.807) is 0 Å². The summed E-state index contributed by atoms with van der Waals surface area (Å²) in [6, 6.07) is 36.9. The van der Waals surface area contributed by atoms with Gasteiger partial charge in [-0.2, -0.15) is 0 Å². The highest BCUT2D eigenvalue weighted by Crippen LogP contribution is 2.42. The van der Waals surface area contributed by atoms with E-state index in [0.29, 0.717) is 38.2 Å². The van der Waals surface area contributed by atoms with E-state index in [9.17, 15) is 9.90 Å². The number of aliphatic carboxylic acids is 1. The number of hydrogen-bond donors (Lipinski definition) is 1. The number of fused-ring (bicyclic) bond motifs is 2. The van der Waals surface area contributed by atoms with Crippen molar-refractivity contribution in [3.8, 4) is 16.9 Å². The Morgan fingerprint density at radius 1 is 0.791 bits per heavy atom. The number of ether oxygens (including phenoxy) is 1. The molecule has 4 aromatic carbocycles. The van der Waals surface area contributed by atoms with Crippen LogP contribution in [0.5, 0.6) is 5.75 Å². The number of aromatic nitrogens is 3. The molecule has 6 heteroatoms. The zero-order valence-electron chi connectivity index (χ0n) is 23.9. The van der Waals surface area contributed by atoms with Crippen molar-refractivity contribution >= 4 is 27.9 Å². The van der Waals surface area contributed by atoms with Crippen molar-refractivity contribution in [2.45, 2.75) is 45.3 Å². The summed E-state index contributed by atoms with van der Waals surface area (Å²) < 4.78 is 8.36. The fraction of sp³-hybridized carbons (Fsp3) is 0.216. The van der Waals surface area contributed by atoms with Gasteiger partial charge in [0.15, 0.2) is 0 Å². The quantitative estimate of drug-likeness (QED) is 0.191. The number of carbonyl (C=O) groups is 1. The number of benzene rings is 4. The van der Waals surface area contributed by atoms with Crippen molar-refractivity contribution in [1.82, 2.24) is 14.5 Å². The van der Waals surface area contributed by atoms with Gasteiger partial charge in [-0.1, -0.05) is 85.6 Å². The van der Waals surface area contributed by atoms with Gasteiger partial charge in [0.25, 0.3) is 0 Å². The van der Waals surface area contributed by atoms with Crippen LogP contribution in [0.3, 0.4) is 0 Å². The Kier molecular flexibility index (Phi) is 7.11. The fourth-order valence-corrected chi connectivity index (χ4v) is 6.39. The third kappa shape index (κ3) is 5.48. The highest BCUT2D eigenvalue weighted by Gasteiger charge is 2.42. The molecule has 2 heterocycles. The van der Waals surface area contributed by atoms with Crippen LogP contribution < -0.4 is 4.74 Å². The molecule has 7 rings (SSSR count). The van der Waals surface area contributed by atoms with Crippen LogP contribution in [-0.4, -0.2) is 25.6 Å².